The van der Waals surface area contributed by atoms with Gasteiger partial charge in [0.2, 0.25) is 0 Å². The molecule has 3 nitrogen and oxygen atoms in total. The second kappa shape index (κ2) is 5.79. The lowest BCUT2D eigenvalue weighted by Gasteiger charge is -2.20. The molecule has 1 aromatic heterocycles. The molecule has 1 rings (SSSR count). The molecule has 1 N–H and O–H groups in total. The molecular weight excluding hydrogens is 222 g/mol. The predicted octanol–water partition coefficient (Wildman–Crippen LogP) is 3.00. The minimum Gasteiger partial charge on any atom is -0.319 e. The molecule has 0 saturated heterocycles. The zero-order valence-corrected chi connectivity index (χ0v) is 12.9. The molecule has 0 amide bonds. The summed E-state index contributed by atoms with van der Waals surface area (Å²) in [5, 5.41) is 3.22. The van der Waals surface area contributed by atoms with Crippen molar-refractivity contribution < 1.29 is 0 Å². The van der Waals surface area contributed by atoms with Gasteiger partial charge in [-0.15, -0.1) is 0 Å². The van der Waals surface area contributed by atoms with Gasteiger partial charge in [0.05, 0.1) is 0 Å². The number of hydrogen-bond donors (Lipinski definition) is 1. The van der Waals surface area contributed by atoms with Crippen molar-refractivity contribution in [2.45, 2.75) is 53.9 Å². The predicted molar refractivity (Wildman–Crippen MR) is 77.0 cm³/mol. The van der Waals surface area contributed by atoms with E-state index in [1.54, 1.807) is 0 Å². The number of nitrogens with zero attached hydrogens (tertiary/aromatic N) is 2. The maximum absolute atomic E-state index is 4.68. The number of nitrogens with one attached hydrogen (secondary N) is 1. The van der Waals surface area contributed by atoms with Crippen molar-refractivity contribution in [3.05, 3.63) is 22.8 Å². The minimum atomic E-state index is 0.233. The Kier molecular flexibility index (Phi) is 4.85. The van der Waals surface area contributed by atoms with E-state index < -0.39 is 0 Å². The van der Waals surface area contributed by atoms with Gasteiger partial charge in [0.15, 0.2) is 0 Å². The van der Waals surface area contributed by atoms with Crippen LogP contribution in [0.4, 0.5) is 0 Å². The Morgan fingerprint density at radius 3 is 2.00 bits per heavy atom. The lowest BCUT2D eigenvalue weighted by atomic mass is 9.91. The zero-order chi connectivity index (χ0) is 13.9. The van der Waals surface area contributed by atoms with Gasteiger partial charge in [0, 0.05) is 24.4 Å². The summed E-state index contributed by atoms with van der Waals surface area (Å²) in [5.74, 6) is 1.43. The number of hydrogen-bond acceptors (Lipinski definition) is 3. The van der Waals surface area contributed by atoms with Crippen molar-refractivity contribution in [3.8, 4) is 0 Å². The molecule has 0 aliphatic rings. The Morgan fingerprint density at radius 1 is 1.11 bits per heavy atom. The first-order valence-corrected chi connectivity index (χ1v) is 6.73. The topological polar surface area (TPSA) is 37.8 Å². The van der Waals surface area contributed by atoms with Crippen LogP contribution in [0.5, 0.6) is 0 Å². The van der Waals surface area contributed by atoms with Crippen LogP contribution >= 0.6 is 0 Å². The SMILES string of the molecule is CNCC(C)c1c(C)nc(CC(C)(C)C)nc1C. The van der Waals surface area contributed by atoms with E-state index in [4.69, 9.17) is 0 Å². The van der Waals surface area contributed by atoms with Gasteiger partial charge in [-0.25, -0.2) is 9.97 Å². The summed E-state index contributed by atoms with van der Waals surface area (Å²) >= 11 is 0. The van der Waals surface area contributed by atoms with E-state index in [1.807, 2.05) is 7.05 Å². The van der Waals surface area contributed by atoms with Crippen LogP contribution in [0.3, 0.4) is 0 Å². The maximum atomic E-state index is 4.68. The fourth-order valence-corrected chi connectivity index (χ4v) is 2.47. The van der Waals surface area contributed by atoms with Crippen LogP contribution < -0.4 is 5.32 Å². The van der Waals surface area contributed by atoms with Crippen LogP contribution in [-0.4, -0.2) is 23.6 Å². The standard InChI is InChI=1S/C15H27N3/c1-10(9-16-7)14-11(2)17-13(18-12(14)3)8-15(4,5)6/h10,16H,8-9H2,1-7H3. The summed E-state index contributed by atoms with van der Waals surface area (Å²) in [5.41, 5.74) is 3.78. The first-order chi connectivity index (χ1) is 8.24. The summed E-state index contributed by atoms with van der Waals surface area (Å²) < 4.78 is 0. The first-order valence-electron chi connectivity index (χ1n) is 6.73. The van der Waals surface area contributed by atoms with Crippen molar-refractivity contribution in [1.82, 2.24) is 15.3 Å². The fraction of sp³-hybridized carbons (Fsp3) is 0.733. The van der Waals surface area contributed by atoms with Crippen LogP contribution in [0.25, 0.3) is 0 Å². The van der Waals surface area contributed by atoms with Crippen molar-refractivity contribution in [2.24, 2.45) is 5.41 Å². The molecule has 1 atom stereocenters. The smallest absolute Gasteiger partial charge is 0.129 e. The molecule has 1 aromatic rings. The summed E-state index contributed by atoms with van der Waals surface area (Å²) in [6.45, 7) is 14.0. The quantitative estimate of drug-likeness (QED) is 0.891. The Labute approximate surface area is 111 Å². The van der Waals surface area contributed by atoms with Crippen LogP contribution in [0, 0.1) is 19.3 Å². The van der Waals surface area contributed by atoms with Gasteiger partial charge in [-0.3, -0.25) is 0 Å². The van der Waals surface area contributed by atoms with Crippen molar-refractivity contribution >= 4 is 0 Å². The third-order valence-electron chi connectivity index (χ3n) is 3.06. The van der Waals surface area contributed by atoms with Crippen LogP contribution in [0.15, 0.2) is 0 Å². The zero-order valence-electron chi connectivity index (χ0n) is 12.9. The molecule has 3 heteroatoms. The van der Waals surface area contributed by atoms with Gasteiger partial charge in [-0.2, -0.15) is 0 Å². The lowest BCUT2D eigenvalue weighted by molar-refractivity contribution is 0.399. The summed E-state index contributed by atoms with van der Waals surface area (Å²) in [7, 11) is 1.98. The van der Waals surface area contributed by atoms with Crippen molar-refractivity contribution in [3.63, 3.8) is 0 Å². The van der Waals surface area contributed by atoms with E-state index in [2.05, 4.69) is 56.8 Å². The maximum Gasteiger partial charge on any atom is 0.129 e. The third kappa shape index (κ3) is 4.05. The molecule has 0 fully saturated rings. The monoisotopic (exact) mass is 249 g/mol. The average Bonchev–Trinajstić information content (AvgIpc) is 2.13. The molecule has 102 valence electrons. The fourth-order valence-electron chi connectivity index (χ4n) is 2.47. The molecule has 0 radical (unpaired) electrons. The molecule has 1 unspecified atom stereocenters. The number of aromatic nitrogens is 2. The van der Waals surface area contributed by atoms with Gasteiger partial charge in [0.25, 0.3) is 0 Å². The highest BCUT2D eigenvalue weighted by molar-refractivity contribution is 5.28. The minimum absolute atomic E-state index is 0.233. The summed E-state index contributed by atoms with van der Waals surface area (Å²) in [6, 6.07) is 0. The molecule has 0 saturated carbocycles. The number of aryl methyl sites for hydroxylation is 2. The molecule has 0 aliphatic carbocycles. The van der Waals surface area contributed by atoms with Gasteiger partial charge < -0.3 is 5.32 Å². The molecule has 0 bridgehead atoms. The highest BCUT2D eigenvalue weighted by atomic mass is 14.9. The summed E-state index contributed by atoms with van der Waals surface area (Å²) in [6.07, 6.45) is 0.926. The Hall–Kier alpha value is -0.960. The first kappa shape index (κ1) is 15.1. The van der Waals surface area contributed by atoms with Crippen LogP contribution in [-0.2, 0) is 6.42 Å². The van der Waals surface area contributed by atoms with E-state index in [9.17, 15) is 0 Å². The third-order valence-corrected chi connectivity index (χ3v) is 3.06. The molecule has 0 aromatic carbocycles. The van der Waals surface area contributed by atoms with Gasteiger partial charge in [0.1, 0.15) is 5.82 Å². The second-order valence-corrected chi connectivity index (χ2v) is 6.42. The molecule has 1 heterocycles. The Morgan fingerprint density at radius 2 is 1.61 bits per heavy atom. The number of likely N-dealkylation sites (N-methyl/N-ethyl adjacent to an activating group) is 1. The Bertz CT molecular complexity index is 382. The normalized spacial score (nSPS) is 13.7. The van der Waals surface area contributed by atoms with Crippen LogP contribution in [0.1, 0.15) is 56.4 Å². The lowest BCUT2D eigenvalue weighted by Crippen LogP contribution is -2.19. The van der Waals surface area contributed by atoms with E-state index in [-0.39, 0.29) is 5.41 Å². The van der Waals surface area contributed by atoms with E-state index >= 15 is 0 Å². The largest absolute Gasteiger partial charge is 0.319 e. The van der Waals surface area contributed by atoms with Crippen molar-refractivity contribution in [1.29, 1.82) is 0 Å². The van der Waals surface area contributed by atoms with E-state index in [0.717, 1.165) is 30.2 Å². The number of rotatable bonds is 4. The Balaban J connectivity index is 3.05. The highest BCUT2D eigenvalue weighted by Gasteiger charge is 2.18. The van der Waals surface area contributed by atoms with E-state index in [0.29, 0.717) is 5.92 Å². The second-order valence-electron chi connectivity index (χ2n) is 6.42. The molecule has 0 aliphatic heterocycles. The van der Waals surface area contributed by atoms with E-state index in [1.165, 1.54) is 5.56 Å². The molecular formula is C15H27N3. The summed E-state index contributed by atoms with van der Waals surface area (Å²) in [4.78, 5) is 9.37. The average molecular weight is 249 g/mol. The molecule has 18 heavy (non-hydrogen) atoms. The van der Waals surface area contributed by atoms with Gasteiger partial charge in [-0.05, 0) is 37.8 Å². The van der Waals surface area contributed by atoms with Crippen LogP contribution in [0.2, 0.25) is 0 Å². The molecule has 0 spiro atoms. The van der Waals surface area contributed by atoms with Crippen molar-refractivity contribution in [2.75, 3.05) is 13.6 Å². The van der Waals surface area contributed by atoms with Gasteiger partial charge in [-0.1, -0.05) is 27.7 Å². The highest BCUT2D eigenvalue weighted by Crippen LogP contribution is 2.23. The van der Waals surface area contributed by atoms with Gasteiger partial charge >= 0.3 is 0 Å².